The summed E-state index contributed by atoms with van der Waals surface area (Å²) < 4.78 is 0. The zero-order valence-corrected chi connectivity index (χ0v) is 13.4. The molecule has 2 aromatic carbocycles. The van der Waals surface area contributed by atoms with Gasteiger partial charge in [-0.3, -0.25) is 4.79 Å². The summed E-state index contributed by atoms with van der Waals surface area (Å²) in [6, 6.07) is 18.4. The van der Waals surface area contributed by atoms with Gasteiger partial charge in [0.05, 0.1) is 6.04 Å². The first-order valence-corrected chi connectivity index (χ1v) is 8.43. The number of hydrogen-bond donors (Lipinski definition) is 2. The molecule has 1 saturated carbocycles. The van der Waals surface area contributed by atoms with E-state index in [0.29, 0.717) is 12.5 Å². The fraction of sp³-hybridized carbons (Fsp3) is 0.350. The van der Waals surface area contributed by atoms with Crippen molar-refractivity contribution in [3.8, 4) is 11.1 Å². The molecule has 3 nitrogen and oxygen atoms in total. The minimum atomic E-state index is -0.474. The van der Waals surface area contributed by atoms with Crippen LogP contribution in [-0.2, 0) is 11.2 Å². The molecule has 0 unspecified atom stereocenters. The molecule has 3 N–H and O–H groups in total. The molecule has 0 radical (unpaired) electrons. The SMILES string of the molecule is N[C@@H](Cc1ccc(-c2ccccc2)cc1)C(=O)NC1CCCC1. The average molecular weight is 308 g/mol. The molecular weight excluding hydrogens is 284 g/mol. The smallest absolute Gasteiger partial charge is 0.237 e. The minimum absolute atomic E-state index is 0.0240. The average Bonchev–Trinajstić information content (AvgIpc) is 3.09. The number of amides is 1. The molecule has 1 fully saturated rings. The molecule has 1 atom stereocenters. The second kappa shape index (κ2) is 7.42. The molecule has 2 aromatic rings. The monoisotopic (exact) mass is 308 g/mol. The third kappa shape index (κ3) is 4.20. The topological polar surface area (TPSA) is 55.1 Å². The van der Waals surface area contributed by atoms with Gasteiger partial charge in [0.2, 0.25) is 5.91 Å². The van der Waals surface area contributed by atoms with E-state index in [4.69, 9.17) is 5.73 Å². The van der Waals surface area contributed by atoms with E-state index in [1.165, 1.54) is 24.0 Å². The second-order valence-electron chi connectivity index (χ2n) is 6.36. The molecule has 1 aliphatic carbocycles. The van der Waals surface area contributed by atoms with Crippen molar-refractivity contribution in [1.29, 1.82) is 0 Å². The van der Waals surface area contributed by atoms with Crippen LogP contribution in [0.4, 0.5) is 0 Å². The number of nitrogens with two attached hydrogens (primary N) is 1. The van der Waals surface area contributed by atoms with Crippen LogP contribution < -0.4 is 11.1 Å². The van der Waals surface area contributed by atoms with Gasteiger partial charge in [0.1, 0.15) is 0 Å². The lowest BCUT2D eigenvalue weighted by Crippen LogP contribution is -2.45. The van der Waals surface area contributed by atoms with E-state index >= 15 is 0 Å². The third-order valence-electron chi connectivity index (χ3n) is 4.55. The maximum absolute atomic E-state index is 12.2. The fourth-order valence-corrected chi connectivity index (χ4v) is 3.19. The first kappa shape index (κ1) is 15.8. The largest absolute Gasteiger partial charge is 0.352 e. The molecule has 0 bridgehead atoms. The maximum Gasteiger partial charge on any atom is 0.237 e. The molecule has 3 rings (SSSR count). The highest BCUT2D eigenvalue weighted by atomic mass is 16.2. The molecule has 0 spiro atoms. The molecule has 1 aliphatic rings. The Bertz CT molecular complexity index is 630. The van der Waals surface area contributed by atoms with Gasteiger partial charge in [0.25, 0.3) is 0 Å². The van der Waals surface area contributed by atoms with Gasteiger partial charge >= 0.3 is 0 Å². The highest BCUT2D eigenvalue weighted by molar-refractivity contribution is 5.82. The van der Waals surface area contributed by atoms with Crippen LogP contribution >= 0.6 is 0 Å². The predicted molar refractivity (Wildman–Crippen MR) is 94.0 cm³/mol. The molecule has 0 aliphatic heterocycles. The van der Waals surface area contributed by atoms with E-state index in [1.54, 1.807) is 0 Å². The predicted octanol–water partition coefficient (Wildman–Crippen LogP) is 3.28. The summed E-state index contributed by atoms with van der Waals surface area (Å²) in [5, 5.41) is 3.07. The molecule has 0 heterocycles. The summed E-state index contributed by atoms with van der Waals surface area (Å²) in [4.78, 5) is 12.2. The maximum atomic E-state index is 12.2. The van der Waals surface area contributed by atoms with Crippen molar-refractivity contribution in [3.63, 3.8) is 0 Å². The van der Waals surface area contributed by atoms with Crippen molar-refractivity contribution in [3.05, 3.63) is 60.2 Å². The Hall–Kier alpha value is -2.13. The van der Waals surface area contributed by atoms with E-state index in [0.717, 1.165) is 18.4 Å². The second-order valence-corrected chi connectivity index (χ2v) is 6.36. The number of carbonyl (C=O) groups is 1. The Morgan fingerprint density at radius 3 is 2.26 bits per heavy atom. The van der Waals surface area contributed by atoms with Gasteiger partial charge < -0.3 is 11.1 Å². The number of carbonyl (C=O) groups excluding carboxylic acids is 1. The van der Waals surface area contributed by atoms with Gasteiger partial charge in [-0.05, 0) is 36.0 Å². The van der Waals surface area contributed by atoms with Gasteiger partial charge in [0.15, 0.2) is 0 Å². The minimum Gasteiger partial charge on any atom is -0.352 e. The van der Waals surface area contributed by atoms with Crippen molar-refractivity contribution in [2.75, 3.05) is 0 Å². The van der Waals surface area contributed by atoms with Crippen LogP contribution in [0.3, 0.4) is 0 Å². The van der Waals surface area contributed by atoms with Crippen LogP contribution in [0.15, 0.2) is 54.6 Å². The van der Waals surface area contributed by atoms with E-state index in [2.05, 4.69) is 41.7 Å². The number of nitrogens with one attached hydrogen (secondary N) is 1. The number of hydrogen-bond acceptors (Lipinski definition) is 2. The van der Waals surface area contributed by atoms with Crippen LogP contribution in [0.5, 0.6) is 0 Å². The Balaban J connectivity index is 1.58. The van der Waals surface area contributed by atoms with E-state index in [1.807, 2.05) is 18.2 Å². The van der Waals surface area contributed by atoms with E-state index in [9.17, 15) is 4.79 Å². The lowest BCUT2D eigenvalue weighted by molar-refractivity contribution is -0.123. The number of rotatable bonds is 5. The van der Waals surface area contributed by atoms with Crippen molar-refractivity contribution in [2.24, 2.45) is 5.73 Å². The molecule has 1 amide bonds. The zero-order chi connectivity index (χ0) is 16.1. The Morgan fingerprint density at radius 2 is 1.61 bits per heavy atom. The summed E-state index contributed by atoms with van der Waals surface area (Å²) >= 11 is 0. The highest BCUT2D eigenvalue weighted by Crippen LogP contribution is 2.20. The molecule has 23 heavy (non-hydrogen) atoms. The highest BCUT2D eigenvalue weighted by Gasteiger charge is 2.21. The normalized spacial score (nSPS) is 16.2. The molecule has 0 aromatic heterocycles. The van der Waals surface area contributed by atoms with Gasteiger partial charge in [0, 0.05) is 6.04 Å². The summed E-state index contributed by atoms with van der Waals surface area (Å²) in [5.74, 6) is -0.0240. The fourth-order valence-electron chi connectivity index (χ4n) is 3.19. The van der Waals surface area contributed by atoms with Crippen LogP contribution in [-0.4, -0.2) is 18.0 Å². The standard InChI is InChI=1S/C20H24N2O/c21-19(20(23)22-18-8-4-5-9-18)14-15-10-12-17(13-11-15)16-6-2-1-3-7-16/h1-3,6-7,10-13,18-19H,4-5,8-9,14,21H2,(H,22,23)/t19-/m0/s1. The van der Waals surface area contributed by atoms with Crippen molar-refractivity contribution in [1.82, 2.24) is 5.32 Å². The Labute approximate surface area is 137 Å². The Morgan fingerprint density at radius 1 is 1.00 bits per heavy atom. The summed E-state index contributed by atoms with van der Waals surface area (Å²) in [6.07, 6.45) is 5.17. The first-order chi connectivity index (χ1) is 11.2. The van der Waals surface area contributed by atoms with Gasteiger partial charge in [-0.15, -0.1) is 0 Å². The molecule has 3 heteroatoms. The molecule has 0 saturated heterocycles. The van der Waals surface area contributed by atoms with Gasteiger partial charge in [-0.25, -0.2) is 0 Å². The van der Waals surface area contributed by atoms with Gasteiger partial charge in [-0.2, -0.15) is 0 Å². The van der Waals surface area contributed by atoms with Crippen LogP contribution in [0.2, 0.25) is 0 Å². The summed E-state index contributed by atoms with van der Waals surface area (Å²) in [7, 11) is 0. The van der Waals surface area contributed by atoms with E-state index in [-0.39, 0.29) is 5.91 Å². The third-order valence-corrected chi connectivity index (χ3v) is 4.55. The number of benzene rings is 2. The van der Waals surface area contributed by atoms with Crippen molar-refractivity contribution < 1.29 is 4.79 Å². The lowest BCUT2D eigenvalue weighted by Gasteiger charge is -2.16. The van der Waals surface area contributed by atoms with Gasteiger partial charge in [-0.1, -0.05) is 67.4 Å². The van der Waals surface area contributed by atoms with E-state index < -0.39 is 6.04 Å². The zero-order valence-electron chi connectivity index (χ0n) is 13.4. The first-order valence-electron chi connectivity index (χ1n) is 8.43. The quantitative estimate of drug-likeness (QED) is 0.890. The van der Waals surface area contributed by atoms with Crippen molar-refractivity contribution >= 4 is 5.91 Å². The van der Waals surface area contributed by atoms with Crippen LogP contribution in [0.25, 0.3) is 11.1 Å². The van der Waals surface area contributed by atoms with Crippen LogP contribution in [0, 0.1) is 0 Å². The molecular formula is C20H24N2O. The Kier molecular flexibility index (Phi) is 5.09. The van der Waals surface area contributed by atoms with Crippen LogP contribution in [0.1, 0.15) is 31.2 Å². The van der Waals surface area contributed by atoms with Crippen molar-refractivity contribution in [2.45, 2.75) is 44.2 Å². The molecule has 120 valence electrons. The lowest BCUT2D eigenvalue weighted by atomic mass is 10.0. The summed E-state index contributed by atoms with van der Waals surface area (Å²) in [6.45, 7) is 0. The summed E-state index contributed by atoms with van der Waals surface area (Å²) in [5.41, 5.74) is 9.54.